The van der Waals surface area contributed by atoms with Crippen LogP contribution < -0.4 is 0 Å². The van der Waals surface area contributed by atoms with E-state index in [9.17, 15) is 0 Å². The second-order valence-electron chi connectivity index (χ2n) is 2.74. The highest BCUT2D eigenvalue weighted by Gasteiger charge is 1.99. The van der Waals surface area contributed by atoms with Crippen molar-refractivity contribution in [3.05, 3.63) is 0 Å². The molecule has 0 rings (SSSR count). The molecule has 0 aliphatic rings. The molecule has 64 valence electrons. The molecule has 1 N–H and O–H groups in total. The number of aliphatic hydroxyl groups excluding tert-OH is 1. The molecule has 0 aromatic rings. The maximum absolute atomic E-state index is 8.85. The zero-order valence-corrected chi connectivity index (χ0v) is 7.56. The van der Waals surface area contributed by atoms with Crippen LogP contribution in [0.1, 0.15) is 39.5 Å². The van der Waals surface area contributed by atoms with Crippen LogP contribution in [0.25, 0.3) is 0 Å². The number of rotatable bonds is 4. The van der Waals surface area contributed by atoms with E-state index in [0.29, 0.717) is 0 Å². The van der Waals surface area contributed by atoms with Gasteiger partial charge in [0.25, 0.3) is 0 Å². The minimum atomic E-state index is 0.213. The SMILES string of the molecule is CCCC#CC(CO)CCC. The maximum Gasteiger partial charge on any atom is 0.0568 e. The van der Waals surface area contributed by atoms with Crippen molar-refractivity contribution in [1.82, 2.24) is 0 Å². The summed E-state index contributed by atoms with van der Waals surface area (Å²) in [6.07, 6.45) is 4.19. The van der Waals surface area contributed by atoms with Gasteiger partial charge in [0.1, 0.15) is 0 Å². The molecule has 0 aromatic heterocycles. The van der Waals surface area contributed by atoms with Crippen LogP contribution in [-0.2, 0) is 0 Å². The molecule has 0 bridgehead atoms. The minimum absolute atomic E-state index is 0.213. The van der Waals surface area contributed by atoms with Crippen molar-refractivity contribution in [2.45, 2.75) is 39.5 Å². The van der Waals surface area contributed by atoms with Gasteiger partial charge in [0, 0.05) is 12.3 Å². The summed E-state index contributed by atoms with van der Waals surface area (Å²) in [4.78, 5) is 0. The average Bonchev–Trinajstić information content (AvgIpc) is 2.03. The van der Waals surface area contributed by atoms with E-state index in [0.717, 1.165) is 25.7 Å². The van der Waals surface area contributed by atoms with Gasteiger partial charge in [-0.25, -0.2) is 0 Å². The Balaban J connectivity index is 3.59. The Morgan fingerprint density at radius 1 is 1.27 bits per heavy atom. The summed E-state index contributed by atoms with van der Waals surface area (Å²) in [6, 6.07) is 0. The second kappa shape index (κ2) is 7.63. The third-order valence-electron chi connectivity index (χ3n) is 1.54. The van der Waals surface area contributed by atoms with Gasteiger partial charge in [0.2, 0.25) is 0 Å². The largest absolute Gasteiger partial charge is 0.395 e. The smallest absolute Gasteiger partial charge is 0.0568 e. The molecule has 1 atom stereocenters. The molecular weight excluding hydrogens is 136 g/mol. The van der Waals surface area contributed by atoms with Gasteiger partial charge in [-0.3, -0.25) is 0 Å². The van der Waals surface area contributed by atoms with E-state index in [2.05, 4.69) is 25.7 Å². The molecule has 0 spiro atoms. The van der Waals surface area contributed by atoms with Gasteiger partial charge in [0.15, 0.2) is 0 Å². The zero-order chi connectivity index (χ0) is 8.53. The molecule has 0 aliphatic carbocycles. The van der Waals surface area contributed by atoms with Crippen molar-refractivity contribution in [2.75, 3.05) is 6.61 Å². The van der Waals surface area contributed by atoms with Crippen LogP contribution in [0.3, 0.4) is 0 Å². The van der Waals surface area contributed by atoms with Gasteiger partial charge in [-0.1, -0.05) is 26.2 Å². The zero-order valence-electron chi connectivity index (χ0n) is 7.56. The van der Waals surface area contributed by atoms with Crippen LogP contribution >= 0.6 is 0 Å². The quantitative estimate of drug-likeness (QED) is 0.615. The molecule has 0 saturated carbocycles. The van der Waals surface area contributed by atoms with Crippen LogP contribution in [0, 0.1) is 17.8 Å². The topological polar surface area (TPSA) is 20.2 Å². The van der Waals surface area contributed by atoms with Gasteiger partial charge in [-0.2, -0.15) is 0 Å². The first-order valence-corrected chi connectivity index (χ1v) is 4.44. The van der Waals surface area contributed by atoms with Crippen LogP contribution in [0.5, 0.6) is 0 Å². The van der Waals surface area contributed by atoms with Crippen molar-refractivity contribution >= 4 is 0 Å². The fourth-order valence-corrected chi connectivity index (χ4v) is 0.899. The van der Waals surface area contributed by atoms with Gasteiger partial charge in [-0.05, 0) is 12.8 Å². The number of hydrogen-bond donors (Lipinski definition) is 1. The second-order valence-corrected chi connectivity index (χ2v) is 2.74. The minimum Gasteiger partial charge on any atom is -0.395 e. The van der Waals surface area contributed by atoms with Crippen molar-refractivity contribution in [2.24, 2.45) is 5.92 Å². The summed E-state index contributed by atoms with van der Waals surface area (Å²) in [5, 5.41) is 8.85. The van der Waals surface area contributed by atoms with Gasteiger partial charge >= 0.3 is 0 Å². The fraction of sp³-hybridized carbons (Fsp3) is 0.800. The number of aliphatic hydroxyl groups is 1. The maximum atomic E-state index is 8.85. The lowest BCUT2D eigenvalue weighted by molar-refractivity contribution is 0.250. The Hall–Kier alpha value is -0.480. The summed E-state index contributed by atoms with van der Waals surface area (Å²) >= 11 is 0. The molecule has 0 saturated heterocycles. The van der Waals surface area contributed by atoms with E-state index in [4.69, 9.17) is 5.11 Å². The Morgan fingerprint density at radius 2 is 2.00 bits per heavy atom. The van der Waals surface area contributed by atoms with Crippen LogP contribution in [0.2, 0.25) is 0 Å². The molecule has 0 aliphatic heterocycles. The van der Waals surface area contributed by atoms with Crippen LogP contribution in [0.4, 0.5) is 0 Å². The first-order chi connectivity index (χ1) is 5.35. The summed E-state index contributed by atoms with van der Waals surface area (Å²) in [7, 11) is 0. The standard InChI is InChI=1S/C10H18O/c1-3-5-6-8-10(9-11)7-4-2/h10-11H,3-5,7,9H2,1-2H3. The molecule has 0 amide bonds. The third-order valence-corrected chi connectivity index (χ3v) is 1.54. The normalized spacial score (nSPS) is 11.9. The number of hydrogen-bond acceptors (Lipinski definition) is 1. The van der Waals surface area contributed by atoms with Crippen molar-refractivity contribution in [1.29, 1.82) is 0 Å². The average molecular weight is 154 g/mol. The predicted molar refractivity (Wildman–Crippen MR) is 48.2 cm³/mol. The van der Waals surface area contributed by atoms with E-state index in [1.54, 1.807) is 0 Å². The van der Waals surface area contributed by atoms with Gasteiger partial charge in [0.05, 0.1) is 6.61 Å². The summed E-state index contributed by atoms with van der Waals surface area (Å²) in [5.41, 5.74) is 0. The van der Waals surface area contributed by atoms with E-state index in [1.165, 1.54) is 0 Å². The molecule has 0 heterocycles. The van der Waals surface area contributed by atoms with E-state index < -0.39 is 0 Å². The first kappa shape index (κ1) is 10.5. The molecule has 0 radical (unpaired) electrons. The molecule has 11 heavy (non-hydrogen) atoms. The monoisotopic (exact) mass is 154 g/mol. The van der Waals surface area contributed by atoms with Gasteiger partial charge < -0.3 is 5.11 Å². The lowest BCUT2D eigenvalue weighted by atomic mass is 10.1. The third kappa shape index (κ3) is 5.94. The first-order valence-electron chi connectivity index (χ1n) is 4.44. The van der Waals surface area contributed by atoms with Crippen LogP contribution in [-0.4, -0.2) is 11.7 Å². The van der Waals surface area contributed by atoms with Crippen molar-refractivity contribution in [3.63, 3.8) is 0 Å². The Labute approximate surface area is 69.8 Å². The van der Waals surface area contributed by atoms with E-state index in [1.807, 2.05) is 0 Å². The molecular formula is C10H18O. The Morgan fingerprint density at radius 3 is 2.45 bits per heavy atom. The van der Waals surface area contributed by atoms with Crippen molar-refractivity contribution < 1.29 is 5.11 Å². The molecule has 1 nitrogen and oxygen atoms in total. The molecule has 0 aromatic carbocycles. The summed E-state index contributed by atoms with van der Waals surface area (Å²) in [5.74, 6) is 6.35. The van der Waals surface area contributed by atoms with Crippen LogP contribution in [0.15, 0.2) is 0 Å². The van der Waals surface area contributed by atoms with E-state index >= 15 is 0 Å². The lowest BCUT2D eigenvalue weighted by Gasteiger charge is -2.02. The number of unbranched alkanes of at least 4 members (excludes halogenated alkanes) is 1. The predicted octanol–water partition coefficient (Wildman–Crippen LogP) is 2.20. The summed E-state index contributed by atoms with van der Waals surface area (Å²) < 4.78 is 0. The molecule has 1 heteroatoms. The summed E-state index contributed by atoms with van der Waals surface area (Å²) in [6.45, 7) is 4.44. The Kier molecular flexibility index (Phi) is 7.29. The molecule has 0 fully saturated rings. The molecule has 1 unspecified atom stereocenters. The highest BCUT2D eigenvalue weighted by molar-refractivity contribution is 5.03. The highest BCUT2D eigenvalue weighted by atomic mass is 16.3. The highest BCUT2D eigenvalue weighted by Crippen LogP contribution is 2.03. The lowest BCUT2D eigenvalue weighted by Crippen LogP contribution is -2.01. The Bertz CT molecular complexity index is 130. The van der Waals surface area contributed by atoms with E-state index in [-0.39, 0.29) is 12.5 Å². The fourth-order valence-electron chi connectivity index (χ4n) is 0.899. The van der Waals surface area contributed by atoms with Crippen molar-refractivity contribution in [3.8, 4) is 11.8 Å². The van der Waals surface area contributed by atoms with Gasteiger partial charge in [-0.15, -0.1) is 5.92 Å².